The molecule has 0 heterocycles. The first kappa shape index (κ1) is 16.2. The summed E-state index contributed by atoms with van der Waals surface area (Å²) in [6.07, 6.45) is 12.3. The van der Waals surface area contributed by atoms with Gasteiger partial charge in [-0.25, -0.2) is 0 Å². The van der Waals surface area contributed by atoms with Gasteiger partial charge in [-0.2, -0.15) is 0 Å². The van der Waals surface area contributed by atoms with E-state index in [2.05, 4.69) is 39.8 Å². The lowest BCUT2D eigenvalue weighted by Crippen LogP contribution is -1.83. The molecule has 17 heavy (non-hydrogen) atoms. The molecule has 0 atom stereocenters. The third-order valence-electron chi connectivity index (χ3n) is 2.80. The maximum atomic E-state index is 8.73. The third-order valence-corrected chi connectivity index (χ3v) is 2.80. The Morgan fingerprint density at radius 1 is 0.824 bits per heavy atom. The van der Waals surface area contributed by atoms with E-state index in [0.29, 0.717) is 0 Å². The van der Waals surface area contributed by atoms with Crippen LogP contribution in [0.1, 0.15) is 59.8 Å². The van der Waals surface area contributed by atoms with Crippen molar-refractivity contribution in [3.63, 3.8) is 0 Å². The van der Waals surface area contributed by atoms with Gasteiger partial charge in [0.15, 0.2) is 0 Å². The molecule has 0 aliphatic carbocycles. The summed E-state index contributed by atoms with van der Waals surface area (Å²) in [6, 6.07) is 0. The van der Waals surface area contributed by atoms with Crippen LogP contribution in [0, 0.1) is 0 Å². The molecular weight excluding hydrogens is 208 g/mol. The van der Waals surface area contributed by atoms with Crippen molar-refractivity contribution in [1.29, 1.82) is 0 Å². The van der Waals surface area contributed by atoms with Crippen LogP contribution in [-0.2, 0) is 0 Å². The average Bonchev–Trinajstić information content (AvgIpc) is 2.24. The summed E-state index contributed by atoms with van der Waals surface area (Å²) in [7, 11) is 0. The molecular formula is C16H28O. The third kappa shape index (κ3) is 11.4. The van der Waals surface area contributed by atoms with Gasteiger partial charge in [-0.1, -0.05) is 34.9 Å². The lowest BCUT2D eigenvalue weighted by atomic mass is 10.1. The van der Waals surface area contributed by atoms with Crippen LogP contribution in [-0.4, -0.2) is 11.7 Å². The Kier molecular flexibility index (Phi) is 9.84. The first-order valence-electron chi connectivity index (χ1n) is 6.61. The molecule has 0 spiro atoms. The number of aliphatic hydroxyl groups is 1. The maximum absolute atomic E-state index is 8.73. The highest BCUT2D eigenvalue weighted by atomic mass is 16.2. The van der Waals surface area contributed by atoms with E-state index in [1.165, 1.54) is 29.6 Å². The van der Waals surface area contributed by atoms with E-state index >= 15 is 0 Å². The number of hydrogen-bond donors (Lipinski definition) is 1. The van der Waals surface area contributed by atoms with Crippen LogP contribution < -0.4 is 0 Å². The Morgan fingerprint density at radius 2 is 1.47 bits per heavy atom. The second-order valence-electron chi connectivity index (χ2n) is 5.00. The Labute approximate surface area is 107 Å². The second kappa shape index (κ2) is 10.3. The molecule has 0 aromatic heterocycles. The normalized spacial score (nSPS) is 12.8. The highest BCUT2D eigenvalue weighted by Gasteiger charge is 1.91. The minimum atomic E-state index is 0.170. The first-order chi connectivity index (χ1) is 8.06. The molecule has 0 aromatic carbocycles. The molecule has 0 aliphatic heterocycles. The second-order valence-corrected chi connectivity index (χ2v) is 5.00. The Bertz CT molecular complexity index is 278. The summed E-state index contributed by atoms with van der Waals surface area (Å²) < 4.78 is 0. The van der Waals surface area contributed by atoms with Crippen LogP contribution in [0.2, 0.25) is 0 Å². The highest BCUT2D eigenvalue weighted by Crippen LogP contribution is 2.11. The molecule has 0 saturated heterocycles. The summed E-state index contributed by atoms with van der Waals surface area (Å²) in [4.78, 5) is 0. The van der Waals surface area contributed by atoms with E-state index in [1.807, 2.05) is 6.08 Å². The molecule has 1 nitrogen and oxygen atoms in total. The van der Waals surface area contributed by atoms with Crippen molar-refractivity contribution in [1.82, 2.24) is 0 Å². The molecule has 0 radical (unpaired) electrons. The van der Waals surface area contributed by atoms with Crippen LogP contribution in [0.4, 0.5) is 0 Å². The van der Waals surface area contributed by atoms with Crippen molar-refractivity contribution in [3.05, 3.63) is 34.9 Å². The molecule has 1 heteroatoms. The summed E-state index contributed by atoms with van der Waals surface area (Å²) >= 11 is 0. The van der Waals surface area contributed by atoms with E-state index in [1.54, 1.807) is 0 Å². The van der Waals surface area contributed by atoms with Crippen molar-refractivity contribution >= 4 is 0 Å². The quantitative estimate of drug-likeness (QED) is 0.474. The lowest BCUT2D eigenvalue weighted by molar-refractivity contribution is 0.341. The van der Waals surface area contributed by atoms with Gasteiger partial charge in [-0.15, -0.1) is 0 Å². The number of unbranched alkanes of at least 4 members (excludes halogenated alkanes) is 1. The van der Waals surface area contributed by atoms with Gasteiger partial charge in [-0.3, -0.25) is 0 Å². The standard InChI is InChI=1S/C16H28O/c1-14(2)8-7-11-15(3)9-5-6-10-16(4)12-13-17/h8-9,12,17H,5-7,10-11,13H2,1-4H3/b15-9+,16-12+. The molecule has 98 valence electrons. The molecule has 0 saturated carbocycles. The number of rotatable bonds is 8. The molecule has 0 aromatic rings. The van der Waals surface area contributed by atoms with E-state index < -0.39 is 0 Å². The topological polar surface area (TPSA) is 20.2 Å². The smallest absolute Gasteiger partial charge is 0.0614 e. The molecule has 0 rings (SSSR count). The van der Waals surface area contributed by atoms with Gasteiger partial charge in [0.05, 0.1) is 6.61 Å². The van der Waals surface area contributed by atoms with Crippen molar-refractivity contribution < 1.29 is 5.11 Å². The summed E-state index contributed by atoms with van der Waals surface area (Å²) in [6.45, 7) is 8.77. The van der Waals surface area contributed by atoms with Crippen LogP contribution in [0.25, 0.3) is 0 Å². The SMILES string of the molecule is CC(C)=CCC/C(C)=C/CCC/C(C)=C/CO. The van der Waals surface area contributed by atoms with E-state index in [0.717, 1.165) is 19.3 Å². The number of aliphatic hydroxyl groups excluding tert-OH is 1. The van der Waals surface area contributed by atoms with E-state index in [-0.39, 0.29) is 6.61 Å². The molecule has 0 aliphatic rings. The van der Waals surface area contributed by atoms with Crippen molar-refractivity contribution in [2.24, 2.45) is 0 Å². The minimum absolute atomic E-state index is 0.170. The van der Waals surface area contributed by atoms with Gasteiger partial charge in [0.1, 0.15) is 0 Å². The van der Waals surface area contributed by atoms with Crippen LogP contribution in [0.5, 0.6) is 0 Å². The fourth-order valence-electron chi connectivity index (χ4n) is 1.68. The van der Waals surface area contributed by atoms with Crippen LogP contribution >= 0.6 is 0 Å². The molecule has 0 amide bonds. The Balaban J connectivity index is 3.70. The Morgan fingerprint density at radius 3 is 2.06 bits per heavy atom. The van der Waals surface area contributed by atoms with Gasteiger partial charge >= 0.3 is 0 Å². The van der Waals surface area contributed by atoms with E-state index in [4.69, 9.17) is 5.11 Å². The van der Waals surface area contributed by atoms with Gasteiger partial charge in [0.25, 0.3) is 0 Å². The zero-order valence-electron chi connectivity index (χ0n) is 11.9. The molecule has 1 N–H and O–H groups in total. The van der Waals surface area contributed by atoms with Crippen LogP contribution in [0.3, 0.4) is 0 Å². The predicted molar refractivity (Wildman–Crippen MR) is 77.1 cm³/mol. The van der Waals surface area contributed by atoms with E-state index in [9.17, 15) is 0 Å². The highest BCUT2D eigenvalue weighted by molar-refractivity contribution is 5.03. The first-order valence-corrected chi connectivity index (χ1v) is 6.61. The van der Waals surface area contributed by atoms with Crippen molar-refractivity contribution in [2.75, 3.05) is 6.61 Å². The summed E-state index contributed by atoms with van der Waals surface area (Å²) in [5, 5.41) is 8.73. The fraction of sp³-hybridized carbons (Fsp3) is 0.625. The molecule has 0 fully saturated rings. The molecule has 0 bridgehead atoms. The summed E-state index contributed by atoms with van der Waals surface area (Å²) in [5.74, 6) is 0. The zero-order valence-corrected chi connectivity index (χ0v) is 11.9. The van der Waals surface area contributed by atoms with Crippen molar-refractivity contribution in [3.8, 4) is 0 Å². The zero-order chi connectivity index (χ0) is 13.1. The molecule has 0 unspecified atom stereocenters. The monoisotopic (exact) mass is 236 g/mol. The van der Waals surface area contributed by atoms with Crippen LogP contribution in [0.15, 0.2) is 34.9 Å². The van der Waals surface area contributed by atoms with Gasteiger partial charge < -0.3 is 5.11 Å². The van der Waals surface area contributed by atoms with Gasteiger partial charge in [0.2, 0.25) is 0 Å². The van der Waals surface area contributed by atoms with Gasteiger partial charge in [0, 0.05) is 0 Å². The average molecular weight is 236 g/mol. The Hall–Kier alpha value is -0.820. The largest absolute Gasteiger partial charge is 0.392 e. The number of hydrogen-bond acceptors (Lipinski definition) is 1. The fourth-order valence-corrected chi connectivity index (χ4v) is 1.68. The van der Waals surface area contributed by atoms with Gasteiger partial charge in [-0.05, 0) is 59.8 Å². The lowest BCUT2D eigenvalue weighted by Gasteiger charge is -2.01. The maximum Gasteiger partial charge on any atom is 0.0614 e. The van der Waals surface area contributed by atoms with Crippen molar-refractivity contribution in [2.45, 2.75) is 59.8 Å². The predicted octanol–water partition coefficient (Wildman–Crippen LogP) is 4.79. The number of allylic oxidation sites excluding steroid dienone is 5. The summed E-state index contributed by atoms with van der Waals surface area (Å²) in [5.41, 5.74) is 4.19. The minimum Gasteiger partial charge on any atom is -0.392 e.